The lowest BCUT2D eigenvalue weighted by molar-refractivity contribution is 0.00360. The summed E-state index contributed by atoms with van der Waals surface area (Å²) in [5.74, 6) is 0. The number of nitrogens with zero attached hydrogens (tertiary/aromatic N) is 1. The van der Waals surface area contributed by atoms with Crippen LogP contribution in [0.3, 0.4) is 0 Å². The van der Waals surface area contributed by atoms with E-state index in [0.29, 0.717) is 13.2 Å². The Morgan fingerprint density at radius 2 is 2.38 bits per heavy atom. The van der Waals surface area contributed by atoms with E-state index < -0.39 is 0 Å². The first-order chi connectivity index (χ1) is 7.72. The molecule has 0 amide bonds. The first-order valence-corrected chi connectivity index (χ1v) is 5.55. The Kier molecular flexibility index (Phi) is 3.31. The molecular formula is C12H18N2O2. The molecule has 0 aromatic heterocycles. The van der Waals surface area contributed by atoms with Crippen LogP contribution in [-0.2, 0) is 4.74 Å². The fourth-order valence-electron chi connectivity index (χ4n) is 1.99. The molecular weight excluding hydrogens is 204 g/mol. The fraction of sp³-hybridized carbons (Fsp3) is 0.500. The van der Waals surface area contributed by atoms with Gasteiger partial charge in [0.15, 0.2) is 0 Å². The molecule has 0 bridgehead atoms. The van der Waals surface area contributed by atoms with Crippen LogP contribution in [0.2, 0.25) is 0 Å². The van der Waals surface area contributed by atoms with Crippen molar-refractivity contribution in [2.24, 2.45) is 0 Å². The summed E-state index contributed by atoms with van der Waals surface area (Å²) >= 11 is 0. The summed E-state index contributed by atoms with van der Waals surface area (Å²) in [6, 6.07) is 6.02. The summed E-state index contributed by atoms with van der Waals surface area (Å²) in [5.41, 5.74) is 9.01. The van der Waals surface area contributed by atoms with E-state index in [1.807, 2.05) is 25.1 Å². The summed E-state index contributed by atoms with van der Waals surface area (Å²) in [4.78, 5) is 2.17. The Bertz CT molecular complexity index is 368. The van der Waals surface area contributed by atoms with Gasteiger partial charge < -0.3 is 20.5 Å². The largest absolute Gasteiger partial charge is 0.397 e. The molecule has 0 radical (unpaired) electrons. The third-order valence-corrected chi connectivity index (χ3v) is 2.98. The molecule has 0 saturated carbocycles. The highest BCUT2D eigenvalue weighted by atomic mass is 16.5. The van der Waals surface area contributed by atoms with Gasteiger partial charge in [-0.25, -0.2) is 0 Å². The van der Waals surface area contributed by atoms with E-state index in [0.717, 1.165) is 23.5 Å². The molecule has 0 aliphatic carbocycles. The number of morpholine rings is 1. The molecule has 0 spiro atoms. The number of ether oxygens (including phenoxy) is 1. The third-order valence-electron chi connectivity index (χ3n) is 2.98. The zero-order valence-electron chi connectivity index (χ0n) is 9.52. The SMILES string of the molecule is Cc1cccc(N2CCOC(CO)C2)c1N. The normalized spacial score (nSPS) is 21.1. The predicted octanol–water partition coefficient (Wildman–Crippen LogP) is 0.775. The number of hydrogen-bond acceptors (Lipinski definition) is 4. The topological polar surface area (TPSA) is 58.7 Å². The number of nitrogens with two attached hydrogens (primary N) is 1. The number of benzene rings is 1. The van der Waals surface area contributed by atoms with Crippen LogP contribution >= 0.6 is 0 Å². The van der Waals surface area contributed by atoms with E-state index in [9.17, 15) is 0 Å². The minimum absolute atomic E-state index is 0.0578. The first kappa shape index (κ1) is 11.2. The maximum Gasteiger partial charge on any atom is 0.0980 e. The second-order valence-corrected chi connectivity index (χ2v) is 4.13. The fourth-order valence-corrected chi connectivity index (χ4v) is 1.99. The van der Waals surface area contributed by atoms with Crippen LogP contribution in [0, 0.1) is 6.92 Å². The maximum absolute atomic E-state index is 9.10. The smallest absolute Gasteiger partial charge is 0.0980 e. The number of nitrogen functional groups attached to an aromatic ring is 1. The van der Waals surface area contributed by atoms with Crippen molar-refractivity contribution in [2.45, 2.75) is 13.0 Å². The van der Waals surface area contributed by atoms with Crippen LogP contribution in [0.4, 0.5) is 11.4 Å². The highest BCUT2D eigenvalue weighted by molar-refractivity contribution is 5.71. The molecule has 1 aromatic rings. The standard InChI is InChI=1S/C12H18N2O2/c1-9-3-2-4-11(12(9)13)14-5-6-16-10(7-14)8-15/h2-4,10,15H,5-8,13H2,1H3. The van der Waals surface area contributed by atoms with Crippen molar-refractivity contribution in [3.05, 3.63) is 23.8 Å². The van der Waals surface area contributed by atoms with Gasteiger partial charge in [-0.2, -0.15) is 0 Å². The average Bonchev–Trinajstić information content (AvgIpc) is 2.33. The van der Waals surface area contributed by atoms with E-state index >= 15 is 0 Å². The molecule has 1 aliphatic rings. The highest BCUT2D eigenvalue weighted by Gasteiger charge is 2.21. The van der Waals surface area contributed by atoms with Gasteiger partial charge in [0, 0.05) is 13.1 Å². The lowest BCUT2D eigenvalue weighted by Gasteiger charge is -2.34. The van der Waals surface area contributed by atoms with E-state index in [4.69, 9.17) is 15.6 Å². The Morgan fingerprint density at radius 1 is 1.56 bits per heavy atom. The number of aliphatic hydroxyl groups excluding tert-OH is 1. The minimum Gasteiger partial charge on any atom is -0.397 e. The van der Waals surface area contributed by atoms with Gasteiger partial charge in [0.05, 0.1) is 30.7 Å². The zero-order chi connectivity index (χ0) is 11.5. The van der Waals surface area contributed by atoms with Crippen LogP contribution in [0.25, 0.3) is 0 Å². The van der Waals surface area contributed by atoms with E-state index in [1.54, 1.807) is 0 Å². The quantitative estimate of drug-likeness (QED) is 0.726. The molecule has 1 aromatic carbocycles. The van der Waals surface area contributed by atoms with Crippen molar-refractivity contribution in [1.82, 2.24) is 0 Å². The minimum atomic E-state index is -0.103. The molecule has 4 nitrogen and oxygen atoms in total. The van der Waals surface area contributed by atoms with Crippen molar-refractivity contribution in [3.63, 3.8) is 0 Å². The number of aryl methyl sites for hydroxylation is 1. The summed E-state index contributed by atoms with van der Waals surface area (Å²) in [6.45, 7) is 4.22. The van der Waals surface area contributed by atoms with Crippen LogP contribution < -0.4 is 10.6 Å². The molecule has 1 atom stereocenters. The maximum atomic E-state index is 9.10. The predicted molar refractivity (Wildman–Crippen MR) is 64.6 cm³/mol. The van der Waals surface area contributed by atoms with Crippen molar-refractivity contribution >= 4 is 11.4 Å². The molecule has 88 valence electrons. The second kappa shape index (κ2) is 4.72. The lowest BCUT2D eigenvalue weighted by atomic mass is 10.1. The Balaban J connectivity index is 2.20. The molecule has 3 N–H and O–H groups in total. The van der Waals surface area contributed by atoms with Crippen LogP contribution in [-0.4, -0.2) is 37.5 Å². The van der Waals surface area contributed by atoms with Crippen molar-refractivity contribution in [3.8, 4) is 0 Å². The highest BCUT2D eigenvalue weighted by Crippen LogP contribution is 2.27. The molecule has 1 unspecified atom stereocenters. The number of hydrogen-bond donors (Lipinski definition) is 2. The average molecular weight is 222 g/mol. The second-order valence-electron chi connectivity index (χ2n) is 4.13. The van der Waals surface area contributed by atoms with Crippen LogP contribution in [0.15, 0.2) is 18.2 Å². The summed E-state index contributed by atoms with van der Waals surface area (Å²) in [6.07, 6.45) is -0.103. The number of aliphatic hydroxyl groups is 1. The Morgan fingerprint density at radius 3 is 3.12 bits per heavy atom. The molecule has 1 aliphatic heterocycles. The van der Waals surface area contributed by atoms with E-state index in [2.05, 4.69) is 4.90 Å². The van der Waals surface area contributed by atoms with E-state index in [-0.39, 0.29) is 12.7 Å². The van der Waals surface area contributed by atoms with Crippen LogP contribution in [0.5, 0.6) is 0 Å². The van der Waals surface area contributed by atoms with Gasteiger partial charge in [0.25, 0.3) is 0 Å². The number of rotatable bonds is 2. The van der Waals surface area contributed by atoms with Gasteiger partial charge in [-0.15, -0.1) is 0 Å². The summed E-state index contributed by atoms with van der Waals surface area (Å²) in [5, 5.41) is 9.10. The molecule has 1 fully saturated rings. The van der Waals surface area contributed by atoms with Gasteiger partial charge in [-0.1, -0.05) is 12.1 Å². The van der Waals surface area contributed by atoms with Crippen LogP contribution in [0.1, 0.15) is 5.56 Å². The van der Waals surface area contributed by atoms with Crippen molar-refractivity contribution in [2.75, 3.05) is 36.9 Å². The molecule has 1 heterocycles. The zero-order valence-corrected chi connectivity index (χ0v) is 9.52. The number of para-hydroxylation sites is 1. The van der Waals surface area contributed by atoms with Crippen molar-refractivity contribution < 1.29 is 9.84 Å². The van der Waals surface area contributed by atoms with Gasteiger partial charge >= 0.3 is 0 Å². The van der Waals surface area contributed by atoms with Gasteiger partial charge in [0.1, 0.15) is 0 Å². The number of anilines is 2. The summed E-state index contributed by atoms with van der Waals surface area (Å²) < 4.78 is 5.42. The van der Waals surface area contributed by atoms with Gasteiger partial charge in [-0.3, -0.25) is 0 Å². The third kappa shape index (κ3) is 2.13. The van der Waals surface area contributed by atoms with Gasteiger partial charge in [0.2, 0.25) is 0 Å². The van der Waals surface area contributed by atoms with E-state index in [1.165, 1.54) is 0 Å². The Labute approximate surface area is 95.6 Å². The molecule has 1 saturated heterocycles. The molecule has 4 heteroatoms. The lowest BCUT2D eigenvalue weighted by Crippen LogP contribution is -2.44. The van der Waals surface area contributed by atoms with Gasteiger partial charge in [-0.05, 0) is 18.6 Å². The monoisotopic (exact) mass is 222 g/mol. The Hall–Kier alpha value is -1.26. The molecule has 16 heavy (non-hydrogen) atoms. The molecule has 2 rings (SSSR count). The van der Waals surface area contributed by atoms with Crippen molar-refractivity contribution in [1.29, 1.82) is 0 Å². The summed E-state index contributed by atoms with van der Waals surface area (Å²) in [7, 11) is 0. The first-order valence-electron chi connectivity index (χ1n) is 5.55.